The fraction of sp³-hybridized carbons (Fsp3) is 0.657. The van der Waals surface area contributed by atoms with E-state index in [9.17, 15) is 16.8 Å². The van der Waals surface area contributed by atoms with Gasteiger partial charge in [0.1, 0.15) is 0 Å². The maximum atomic E-state index is 14.5. The molecule has 9 nitrogen and oxygen atoms in total. The molecular formula is C35H54ClN5O4S2. The Balaban J connectivity index is 1.42. The fourth-order valence-electron chi connectivity index (χ4n) is 7.45. The predicted molar refractivity (Wildman–Crippen MR) is 192 cm³/mol. The van der Waals surface area contributed by atoms with Gasteiger partial charge in [-0.05, 0) is 111 Å². The third-order valence-corrected chi connectivity index (χ3v) is 14.7. The summed E-state index contributed by atoms with van der Waals surface area (Å²) in [7, 11) is -3.77. The van der Waals surface area contributed by atoms with Crippen molar-refractivity contribution in [1.82, 2.24) is 17.8 Å². The van der Waals surface area contributed by atoms with Gasteiger partial charge in [0.2, 0.25) is 10.0 Å². The summed E-state index contributed by atoms with van der Waals surface area (Å²) in [4.78, 5) is 4.68. The molecule has 5 rings (SSSR count). The maximum Gasteiger partial charge on any atom is 0.282 e. The van der Waals surface area contributed by atoms with E-state index in [2.05, 4.69) is 4.90 Å². The van der Waals surface area contributed by atoms with Crippen molar-refractivity contribution in [1.29, 1.82) is 0 Å². The topological polar surface area (TPSA) is 84.5 Å². The summed E-state index contributed by atoms with van der Waals surface area (Å²) < 4.78 is 62.1. The molecule has 1 saturated heterocycles. The Labute approximate surface area is 289 Å². The fourth-order valence-corrected chi connectivity index (χ4v) is 11.1. The van der Waals surface area contributed by atoms with Crippen molar-refractivity contribution in [3.8, 4) is 0 Å². The number of hydrogen-bond donors (Lipinski definition) is 0. The second-order valence-electron chi connectivity index (χ2n) is 14.1. The predicted octanol–water partition coefficient (Wildman–Crippen LogP) is 5.70. The lowest BCUT2D eigenvalue weighted by atomic mass is 9.89. The first-order valence-electron chi connectivity index (χ1n) is 17.4. The maximum absolute atomic E-state index is 14.5. The molecule has 0 amide bonds. The number of sulfonamides is 1. The zero-order chi connectivity index (χ0) is 33.8. The summed E-state index contributed by atoms with van der Waals surface area (Å²) in [6, 6.07) is 12.3. The van der Waals surface area contributed by atoms with Gasteiger partial charge in [-0.15, -0.1) is 0 Å². The molecule has 0 bridgehead atoms. The third-order valence-electron chi connectivity index (χ3n) is 10.5. The molecule has 0 N–H and O–H groups in total. The third kappa shape index (κ3) is 8.90. The first-order chi connectivity index (χ1) is 22.4. The van der Waals surface area contributed by atoms with Crippen LogP contribution < -0.4 is 4.90 Å². The highest BCUT2D eigenvalue weighted by Crippen LogP contribution is 2.30. The van der Waals surface area contributed by atoms with Crippen molar-refractivity contribution in [2.75, 3.05) is 64.8 Å². The molecule has 2 heterocycles. The lowest BCUT2D eigenvalue weighted by Gasteiger charge is -2.40. The molecule has 2 aliphatic heterocycles. The van der Waals surface area contributed by atoms with Crippen LogP contribution in [0.25, 0.3) is 0 Å². The molecule has 262 valence electrons. The van der Waals surface area contributed by atoms with E-state index in [4.69, 9.17) is 11.6 Å². The molecule has 2 aromatic rings. The van der Waals surface area contributed by atoms with Crippen LogP contribution in [0.5, 0.6) is 0 Å². The Kier molecular flexibility index (Phi) is 12.3. The van der Waals surface area contributed by atoms with E-state index < -0.39 is 26.3 Å². The number of halogens is 1. The lowest BCUT2D eigenvalue weighted by molar-refractivity contribution is 0.164. The van der Waals surface area contributed by atoms with Crippen molar-refractivity contribution in [3.05, 3.63) is 58.6 Å². The average molecular weight is 708 g/mol. The van der Waals surface area contributed by atoms with Gasteiger partial charge in [-0.3, -0.25) is 0 Å². The van der Waals surface area contributed by atoms with Gasteiger partial charge in [0.05, 0.1) is 4.90 Å². The molecule has 3 aliphatic rings. The summed E-state index contributed by atoms with van der Waals surface area (Å²) in [5, 5.41) is 0.663. The second kappa shape index (κ2) is 15.9. The molecule has 0 spiro atoms. The molecule has 0 aromatic heterocycles. The van der Waals surface area contributed by atoms with E-state index in [1.165, 1.54) is 32.1 Å². The van der Waals surface area contributed by atoms with Crippen LogP contribution in [0.3, 0.4) is 0 Å². The van der Waals surface area contributed by atoms with Crippen LogP contribution in [-0.2, 0) is 33.2 Å². The van der Waals surface area contributed by atoms with Gasteiger partial charge in [0, 0.05) is 70.1 Å². The number of hydrogen-bond acceptors (Lipinski definition) is 6. The first kappa shape index (κ1) is 36.5. The van der Waals surface area contributed by atoms with Crippen molar-refractivity contribution in [3.63, 3.8) is 0 Å². The minimum atomic E-state index is -3.83. The molecule has 2 aromatic carbocycles. The van der Waals surface area contributed by atoms with E-state index in [0.717, 1.165) is 49.3 Å². The number of nitrogens with zero attached hydrogens (tertiary/aromatic N) is 5. The van der Waals surface area contributed by atoms with E-state index in [1.54, 1.807) is 25.0 Å². The zero-order valence-corrected chi connectivity index (χ0v) is 31.0. The minimum Gasteiger partial charge on any atom is -0.378 e. The number of fused-ring (bicyclic) bond motifs is 1. The highest BCUT2D eigenvalue weighted by Gasteiger charge is 2.38. The first-order valence-corrected chi connectivity index (χ1v) is 20.6. The molecule has 2 fully saturated rings. The number of benzene rings is 2. The zero-order valence-electron chi connectivity index (χ0n) is 28.7. The van der Waals surface area contributed by atoms with Gasteiger partial charge in [-0.1, -0.05) is 43.9 Å². The lowest BCUT2D eigenvalue weighted by Crippen LogP contribution is -2.53. The van der Waals surface area contributed by atoms with E-state index in [0.29, 0.717) is 43.5 Å². The Hall–Kier alpha value is -1.73. The molecule has 1 aliphatic carbocycles. The smallest absolute Gasteiger partial charge is 0.282 e. The standard InChI is InChI=1S/C35H54ClN5O4S2/c1-28-25-39(46(42,43)35-16-14-34(15-17-35)37(3)4)21-8-19-38(26-30-10-6-5-7-11-30)20-9-22-41(29(28)2)47(44,45)40-23-18-31-24-33(36)13-12-32(31)27-40/h12-17,24,28-30H,5-11,18-23,25-27H2,1-4H3/t28-,29-/m0/s1. The quantitative estimate of drug-likeness (QED) is 0.367. The summed E-state index contributed by atoms with van der Waals surface area (Å²) in [6.45, 7) is 8.26. The highest BCUT2D eigenvalue weighted by atomic mass is 35.5. The van der Waals surface area contributed by atoms with Crippen LogP contribution in [-0.4, -0.2) is 101 Å². The summed E-state index contributed by atoms with van der Waals surface area (Å²) >= 11 is 6.23. The summed E-state index contributed by atoms with van der Waals surface area (Å²) in [6.07, 6.45) is 8.39. The Morgan fingerprint density at radius 2 is 1.47 bits per heavy atom. The molecule has 0 radical (unpaired) electrons. The molecule has 12 heteroatoms. The Morgan fingerprint density at radius 3 is 2.15 bits per heavy atom. The van der Waals surface area contributed by atoms with Gasteiger partial charge in [0.25, 0.3) is 10.2 Å². The SMILES string of the molecule is C[C@H]1CN(S(=O)(=O)c2ccc(N(C)C)cc2)CCCN(CC2CCCCC2)CCCN(S(=O)(=O)N2CCc3cc(Cl)ccc3C2)[C@H]1C. The van der Waals surface area contributed by atoms with Crippen molar-refractivity contribution < 1.29 is 16.8 Å². The minimum absolute atomic E-state index is 0.228. The summed E-state index contributed by atoms with van der Waals surface area (Å²) in [5.41, 5.74) is 3.01. The van der Waals surface area contributed by atoms with Gasteiger partial charge >= 0.3 is 0 Å². The monoisotopic (exact) mass is 707 g/mol. The molecule has 47 heavy (non-hydrogen) atoms. The van der Waals surface area contributed by atoms with E-state index in [1.807, 2.05) is 63.2 Å². The van der Waals surface area contributed by atoms with Crippen LogP contribution in [0.4, 0.5) is 5.69 Å². The normalized spacial score (nSPS) is 24.3. The Bertz CT molecular complexity index is 1550. The average Bonchev–Trinajstić information content (AvgIpc) is 3.05. The molecule has 0 unspecified atom stereocenters. The van der Waals surface area contributed by atoms with Gasteiger partial charge < -0.3 is 9.80 Å². The van der Waals surface area contributed by atoms with Crippen molar-refractivity contribution in [2.24, 2.45) is 11.8 Å². The van der Waals surface area contributed by atoms with Gasteiger partial charge in [0.15, 0.2) is 0 Å². The van der Waals surface area contributed by atoms with Crippen molar-refractivity contribution >= 4 is 37.5 Å². The largest absolute Gasteiger partial charge is 0.378 e. The second-order valence-corrected chi connectivity index (χ2v) is 18.4. The van der Waals surface area contributed by atoms with Crippen LogP contribution in [0, 0.1) is 11.8 Å². The van der Waals surface area contributed by atoms with Crippen LogP contribution in [0.1, 0.15) is 69.9 Å². The number of rotatable bonds is 7. The van der Waals surface area contributed by atoms with E-state index >= 15 is 0 Å². The van der Waals surface area contributed by atoms with Crippen LogP contribution in [0.2, 0.25) is 5.02 Å². The molecule has 2 atom stereocenters. The molecule has 1 saturated carbocycles. The van der Waals surface area contributed by atoms with Gasteiger partial charge in [-0.2, -0.15) is 21.3 Å². The number of anilines is 1. The summed E-state index contributed by atoms with van der Waals surface area (Å²) in [5.74, 6) is 0.418. The van der Waals surface area contributed by atoms with E-state index in [-0.39, 0.29) is 17.4 Å². The molecular weight excluding hydrogens is 654 g/mol. The van der Waals surface area contributed by atoms with Crippen LogP contribution >= 0.6 is 11.6 Å². The highest BCUT2D eigenvalue weighted by molar-refractivity contribution is 7.89. The van der Waals surface area contributed by atoms with Gasteiger partial charge in [-0.25, -0.2) is 8.42 Å². The van der Waals surface area contributed by atoms with Crippen LogP contribution in [0.15, 0.2) is 47.4 Å². The Morgan fingerprint density at radius 1 is 0.787 bits per heavy atom. The van der Waals surface area contributed by atoms with Crippen molar-refractivity contribution in [2.45, 2.75) is 82.7 Å².